The van der Waals surface area contributed by atoms with E-state index in [0.29, 0.717) is 10.0 Å². The third-order valence-electron chi connectivity index (χ3n) is 2.69. The number of allylic oxidation sites excluding steroid dienone is 2. The molecule has 1 aliphatic rings. The predicted octanol–water partition coefficient (Wildman–Crippen LogP) is 5.42. The van der Waals surface area contributed by atoms with Crippen LogP contribution >= 0.6 is 39.1 Å². The van der Waals surface area contributed by atoms with Gasteiger partial charge in [0.25, 0.3) is 0 Å². The Hall–Kier alpha value is -0.0500. The predicted molar refractivity (Wildman–Crippen MR) is 70.6 cm³/mol. The summed E-state index contributed by atoms with van der Waals surface area (Å²) in [5.74, 6) is -0.368. The molecule has 0 radical (unpaired) electrons. The molecule has 0 aliphatic heterocycles. The van der Waals surface area contributed by atoms with Crippen molar-refractivity contribution in [2.75, 3.05) is 0 Å². The second-order valence-corrected chi connectivity index (χ2v) is 5.62. The fourth-order valence-electron chi connectivity index (χ4n) is 1.87. The van der Waals surface area contributed by atoms with Gasteiger partial charge in [-0.3, -0.25) is 0 Å². The van der Waals surface area contributed by atoms with Crippen LogP contribution in [0.15, 0.2) is 22.7 Å². The average molecular weight is 324 g/mol. The highest BCUT2D eigenvalue weighted by Crippen LogP contribution is 2.35. The zero-order valence-electron chi connectivity index (χ0n) is 8.44. The highest BCUT2D eigenvalue weighted by molar-refractivity contribution is 9.10. The molecule has 16 heavy (non-hydrogen) atoms. The molecule has 0 bridgehead atoms. The van der Waals surface area contributed by atoms with Gasteiger partial charge >= 0.3 is 0 Å². The van der Waals surface area contributed by atoms with Crippen LogP contribution in [0, 0.1) is 5.82 Å². The molecule has 1 aromatic rings. The Bertz CT molecular complexity index is 443. The van der Waals surface area contributed by atoms with Gasteiger partial charge in [0.2, 0.25) is 0 Å². The molecule has 2 rings (SSSR count). The smallest absolute Gasteiger partial charge is 0.150 e. The van der Waals surface area contributed by atoms with E-state index in [0.717, 1.165) is 24.8 Å². The lowest BCUT2D eigenvalue weighted by molar-refractivity contribution is 0.620. The number of rotatable bonds is 1. The Balaban J connectivity index is 2.45. The molecule has 0 saturated carbocycles. The third-order valence-corrected chi connectivity index (χ3v) is 4.29. The molecular formula is C12H10BrCl2F. The summed E-state index contributed by atoms with van der Waals surface area (Å²) in [6.07, 6.45) is 4.73. The van der Waals surface area contributed by atoms with Crippen molar-refractivity contribution in [1.82, 2.24) is 0 Å². The minimum atomic E-state index is -0.368. The second kappa shape index (κ2) is 5.07. The Morgan fingerprint density at radius 2 is 2.12 bits per heavy atom. The minimum absolute atomic E-state index is 0.00516. The van der Waals surface area contributed by atoms with Crippen LogP contribution in [0.25, 0.3) is 5.57 Å². The van der Waals surface area contributed by atoms with E-state index >= 15 is 0 Å². The van der Waals surface area contributed by atoms with Crippen LogP contribution in [-0.2, 0) is 0 Å². The molecule has 0 aromatic heterocycles. The van der Waals surface area contributed by atoms with Gasteiger partial charge in [-0.25, -0.2) is 4.39 Å². The third kappa shape index (κ3) is 2.44. The van der Waals surface area contributed by atoms with E-state index < -0.39 is 0 Å². The van der Waals surface area contributed by atoms with Crippen LogP contribution in [0.3, 0.4) is 0 Å². The molecule has 1 unspecified atom stereocenters. The average Bonchev–Trinajstić information content (AvgIpc) is 2.26. The molecule has 86 valence electrons. The van der Waals surface area contributed by atoms with E-state index in [1.54, 1.807) is 12.1 Å². The van der Waals surface area contributed by atoms with Crippen LogP contribution < -0.4 is 0 Å². The maximum absolute atomic E-state index is 13.9. The lowest BCUT2D eigenvalue weighted by Gasteiger charge is -2.17. The standard InChI is InChI=1S/C12H10BrCl2F/c13-10-5-4-9(12(16)11(10)15)7-2-1-3-8(14)6-7/h4-6,8H,1-3H2. The molecule has 0 fully saturated rings. The SMILES string of the molecule is Fc1c(C2=CC(Cl)CCC2)ccc(Br)c1Cl. The first-order chi connectivity index (χ1) is 7.59. The quantitative estimate of drug-likeness (QED) is 0.478. The maximum atomic E-state index is 13.9. The van der Waals surface area contributed by atoms with Gasteiger partial charge in [0, 0.05) is 10.0 Å². The number of benzene rings is 1. The van der Waals surface area contributed by atoms with Gasteiger partial charge in [0.05, 0.1) is 10.4 Å². The molecule has 0 amide bonds. The van der Waals surface area contributed by atoms with Crippen molar-refractivity contribution in [3.63, 3.8) is 0 Å². The van der Waals surface area contributed by atoms with Gasteiger partial charge < -0.3 is 0 Å². The Morgan fingerprint density at radius 1 is 1.38 bits per heavy atom. The van der Waals surface area contributed by atoms with Crippen LogP contribution in [0.1, 0.15) is 24.8 Å². The Morgan fingerprint density at radius 3 is 2.81 bits per heavy atom. The zero-order valence-corrected chi connectivity index (χ0v) is 11.5. The largest absolute Gasteiger partial charge is 0.205 e. The highest BCUT2D eigenvalue weighted by Gasteiger charge is 2.17. The van der Waals surface area contributed by atoms with E-state index in [1.807, 2.05) is 6.08 Å². The first-order valence-electron chi connectivity index (χ1n) is 5.08. The van der Waals surface area contributed by atoms with Gasteiger partial charge in [0.1, 0.15) is 5.82 Å². The number of alkyl halides is 1. The molecule has 0 nitrogen and oxygen atoms in total. The normalized spacial score (nSPS) is 20.8. The van der Waals surface area contributed by atoms with Crippen LogP contribution in [0.4, 0.5) is 4.39 Å². The molecule has 1 aliphatic carbocycles. The van der Waals surface area contributed by atoms with Crippen molar-refractivity contribution in [2.45, 2.75) is 24.6 Å². The van der Waals surface area contributed by atoms with Crippen LogP contribution in [0.2, 0.25) is 5.02 Å². The summed E-state index contributed by atoms with van der Waals surface area (Å²) in [5.41, 5.74) is 1.52. The van der Waals surface area contributed by atoms with Gasteiger partial charge in [-0.05, 0) is 46.8 Å². The zero-order chi connectivity index (χ0) is 11.7. The molecule has 1 aromatic carbocycles. The topological polar surface area (TPSA) is 0 Å². The fourth-order valence-corrected chi connectivity index (χ4v) is 2.65. The van der Waals surface area contributed by atoms with Gasteiger partial charge in [-0.2, -0.15) is 0 Å². The molecule has 0 spiro atoms. The second-order valence-electron chi connectivity index (χ2n) is 3.82. The summed E-state index contributed by atoms with van der Waals surface area (Å²) in [6.45, 7) is 0. The summed E-state index contributed by atoms with van der Waals surface area (Å²) in [6, 6.07) is 3.51. The van der Waals surface area contributed by atoms with E-state index in [4.69, 9.17) is 23.2 Å². The molecule has 0 saturated heterocycles. The maximum Gasteiger partial charge on any atom is 0.150 e. The van der Waals surface area contributed by atoms with Crippen molar-refractivity contribution >= 4 is 44.7 Å². The summed E-state index contributed by atoms with van der Waals surface area (Å²) in [5, 5.41) is 0.140. The van der Waals surface area contributed by atoms with Crippen molar-refractivity contribution in [1.29, 1.82) is 0 Å². The van der Waals surface area contributed by atoms with Crippen molar-refractivity contribution < 1.29 is 4.39 Å². The number of hydrogen-bond donors (Lipinski definition) is 0. The first-order valence-corrected chi connectivity index (χ1v) is 6.69. The van der Waals surface area contributed by atoms with E-state index in [1.165, 1.54) is 0 Å². The van der Waals surface area contributed by atoms with E-state index in [9.17, 15) is 4.39 Å². The van der Waals surface area contributed by atoms with Crippen molar-refractivity contribution in [3.05, 3.63) is 39.1 Å². The first kappa shape index (κ1) is 12.4. The van der Waals surface area contributed by atoms with Gasteiger partial charge in [-0.15, -0.1) is 11.6 Å². The van der Waals surface area contributed by atoms with Crippen LogP contribution in [0.5, 0.6) is 0 Å². The van der Waals surface area contributed by atoms with Gasteiger partial charge in [-0.1, -0.05) is 23.7 Å². The molecule has 4 heteroatoms. The van der Waals surface area contributed by atoms with Gasteiger partial charge in [0.15, 0.2) is 0 Å². The summed E-state index contributed by atoms with van der Waals surface area (Å²) < 4.78 is 14.5. The summed E-state index contributed by atoms with van der Waals surface area (Å²) in [4.78, 5) is 0. The number of halogens is 4. The Kier molecular flexibility index (Phi) is 3.93. The molecule has 0 N–H and O–H groups in total. The van der Waals surface area contributed by atoms with E-state index in [2.05, 4.69) is 15.9 Å². The fraction of sp³-hybridized carbons (Fsp3) is 0.333. The monoisotopic (exact) mass is 322 g/mol. The number of hydrogen-bond acceptors (Lipinski definition) is 0. The lowest BCUT2D eigenvalue weighted by Crippen LogP contribution is -2.04. The Labute approximate surface area is 113 Å². The molecular weight excluding hydrogens is 314 g/mol. The minimum Gasteiger partial charge on any atom is -0.205 e. The van der Waals surface area contributed by atoms with Crippen molar-refractivity contribution in [3.8, 4) is 0 Å². The lowest BCUT2D eigenvalue weighted by atomic mass is 9.93. The summed E-state index contributed by atoms with van der Waals surface area (Å²) in [7, 11) is 0. The molecule has 1 atom stereocenters. The summed E-state index contributed by atoms with van der Waals surface area (Å²) >= 11 is 15.1. The van der Waals surface area contributed by atoms with Crippen LogP contribution in [-0.4, -0.2) is 5.38 Å². The molecule has 0 heterocycles. The van der Waals surface area contributed by atoms with Crippen molar-refractivity contribution in [2.24, 2.45) is 0 Å². The van der Waals surface area contributed by atoms with E-state index in [-0.39, 0.29) is 16.2 Å². The highest BCUT2D eigenvalue weighted by atomic mass is 79.9.